The normalized spacial score (nSPS) is 14.2. The van der Waals surface area contributed by atoms with E-state index in [1.165, 1.54) is 55.9 Å². The predicted octanol–water partition coefficient (Wildman–Crippen LogP) is 7.15. The fraction of sp³-hybridized carbons (Fsp3) is 0.0789. The molecule has 3 aliphatic rings. The minimum absolute atomic E-state index is 0.0125. The van der Waals surface area contributed by atoms with Crippen LogP contribution in [0.3, 0.4) is 0 Å². The zero-order chi connectivity index (χ0) is 29.4. The van der Waals surface area contributed by atoms with Crippen LogP contribution in [-0.2, 0) is 0 Å². The molecule has 0 radical (unpaired) electrons. The van der Waals surface area contributed by atoms with Crippen molar-refractivity contribution in [2.45, 2.75) is 13.8 Å². The summed E-state index contributed by atoms with van der Waals surface area (Å²) in [5.74, 6) is 0. The summed E-state index contributed by atoms with van der Waals surface area (Å²) in [6, 6.07) is 44.3. The van der Waals surface area contributed by atoms with Crippen LogP contribution < -0.4 is 25.5 Å². The number of para-hydroxylation sites is 3. The second-order valence-corrected chi connectivity index (χ2v) is 11.9. The highest BCUT2D eigenvalue weighted by Crippen LogP contribution is 2.46. The number of nitrogens with zero attached hydrogens (tertiary/aromatic N) is 5. The van der Waals surface area contributed by atoms with Gasteiger partial charge in [0.25, 0.3) is 0 Å². The van der Waals surface area contributed by atoms with Crippen LogP contribution in [0.1, 0.15) is 11.4 Å². The van der Waals surface area contributed by atoms with Crippen LogP contribution in [0, 0.1) is 13.8 Å². The number of anilines is 4. The molecule has 0 amide bonds. The quantitative estimate of drug-likeness (QED) is 0.212. The monoisotopic (exact) mass is 567 g/mol. The van der Waals surface area contributed by atoms with Gasteiger partial charge in [-0.15, -0.1) is 0 Å². The number of benzene rings is 5. The summed E-state index contributed by atoms with van der Waals surface area (Å²) in [5, 5.41) is 4.84. The minimum atomic E-state index is 0.0125. The zero-order valence-corrected chi connectivity index (χ0v) is 24.7. The lowest BCUT2D eigenvalue weighted by Gasteiger charge is -2.43. The van der Waals surface area contributed by atoms with Crippen molar-refractivity contribution in [3.8, 4) is 27.9 Å². The van der Waals surface area contributed by atoms with E-state index in [0.29, 0.717) is 0 Å². The summed E-state index contributed by atoms with van der Waals surface area (Å²) >= 11 is 0. The summed E-state index contributed by atoms with van der Waals surface area (Å²) in [7, 11) is 0. The fourth-order valence-electron chi connectivity index (χ4n) is 7.29. The van der Waals surface area contributed by atoms with Gasteiger partial charge >= 0.3 is 6.85 Å². The van der Waals surface area contributed by atoms with Gasteiger partial charge in [0.05, 0.1) is 18.1 Å². The van der Waals surface area contributed by atoms with E-state index in [9.17, 15) is 0 Å². The van der Waals surface area contributed by atoms with Gasteiger partial charge in [0.2, 0.25) is 0 Å². The molecule has 0 N–H and O–H groups in total. The van der Waals surface area contributed by atoms with Crippen molar-refractivity contribution in [1.29, 1.82) is 0 Å². The number of aryl methyl sites for hydroxylation is 2. The third-order valence-corrected chi connectivity index (χ3v) is 9.23. The lowest BCUT2D eigenvalue weighted by atomic mass is 9.43. The zero-order valence-electron chi connectivity index (χ0n) is 24.7. The van der Waals surface area contributed by atoms with Crippen molar-refractivity contribution >= 4 is 40.5 Å². The van der Waals surface area contributed by atoms with Gasteiger partial charge in [-0.05, 0) is 90.5 Å². The highest BCUT2D eigenvalue weighted by atomic mass is 15.3. The third-order valence-electron chi connectivity index (χ3n) is 9.23. The van der Waals surface area contributed by atoms with E-state index in [1.54, 1.807) is 0 Å². The number of hydrogen-bond acceptors (Lipinski definition) is 4. The third kappa shape index (κ3) is 3.70. The molecule has 0 unspecified atom stereocenters. The number of hydrogen-bond donors (Lipinski definition) is 0. The highest BCUT2D eigenvalue weighted by Gasteiger charge is 2.42. The Morgan fingerprint density at radius 2 is 1.11 bits per heavy atom. The Morgan fingerprint density at radius 3 is 1.75 bits per heavy atom. The first kappa shape index (κ1) is 25.1. The molecule has 0 saturated carbocycles. The summed E-state index contributed by atoms with van der Waals surface area (Å²) in [5.41, 5.74) is 15.8. The summed E-state index contributed by atoms with van der Waals surface area (Å²) in [6.07, 6.45) is 4.36. The van der Waals surface area contributed by atoms with Gasteiger partial charge in [-0.2, -0.15) is 5.10 Å². The van der Waals surface area contributed by atoms with Gasteiger partial charge in [0.15, 0.2) is 0 Å². The Bertz CT molecular complexity index is 2110. The van der Waals surface area contributed by atoms with Gasteiger partial charge in [0.1, 0.15) is 0 Å². The van der Waals surface area contributed by atoms with Crippen LogP contribution in [-0.4, -0.2) is 23.3 Å². The smallest absolute Gasteiger partial charge is 0.329 e. The summed E-state index contributed by atoms with van der Waals surface area (Å²) in [6.45, 7) is 4.97. The van der Waals surface area contributed by atoms with E-state index < -0.39 is 0 Å². The summed E-state index contributed by atoms with van der Waals surface area (Å²) < 4.78 is 2.07. The lowest BCUT2D eigenvalue weighted by molar-refractivity contribution is 0.834. The van der Waals surface area contributed by atoms with Gasteiger partial charge in [0, 0.05) is 52.0 Å². The van der Waals surface area contributed by atoms with E-state index in [1.807, 2.05) is 0 Å². The molecule has 0 saturated heterocycles. The average Bonchev–Trinajstić information content (AvgIpc) is 3.70. The molecule has 6 heteroatoms. The molecule has 0 fully saturated rings. The Balaban J connectivity index is 1.24. The van der Waals surface area contributed by atoms with Crippen LogP contribution in [0.2, 0.25) is 0 Å². The van der Waals surface area contributed by atoms with Gasteiger partial charge < -0.3 is 14.6 Å². The molecule has 0 bridgehead atoms. The maximum Gasteiger partial charge on any atom is 0.329 e. The molecular weight excluding hydrogens is 537 g/mol. The second kappa shape index (κ2) is 9.51. The van der Waals surface area contributed by atoms with Gasteiger partial charge in [-0.25, -0.2) is 4.68 Å². The molecule has 5 nitrogen and oxygen atoms in total. The van der Waals surface area contributed by atoms with Crippen molar-refractivity contribution in [3.05, 3.63) is 145 Å². The van der Waals surface area contributed by atoms with Crippen molar-refractivity contribution in [3.63, 3.8) is 0 Å². The van der Waals surface area contributed by atoms with E-state index in [-0.39, 0.29) is 6.85 Å². The molecule has 0 spiro atoms. The number of fused-ring (bicyclic) bond motifs is 11. The molecule has 0 aliphatic carbocycles. The summed E-state index contributed by atoms with van der Waals surface area (Å²) in [4.78, 5) is 7.18. The van der Waals surface area contributed by atoms with Crippen molar-refractivity contribution in [1.82, 2.24) is 9.78 Å². The molecule has 0 atom stereocenters. The first-order valence-corrected chi connectivity index (χ1v) is 15.2. The first-order chi connectivity index (χ1) is 21.6. The lowest BCUT2D eigenvalue weighted by Crippen LogP contribution is -2.59. The Labute approximate surface area is 258 Å². The molecule has 44 heavy (non-hydrogen) atoms. The van der Waals surface area contributed by atoms with E-state index >= 15 is 0 Å². The topological polar surface area (TPSA) is 27.5 Å². The molecule has 3 aliphatic heterocycles. The molecule has 6 aromatic rings. The predicted molar refractivity (Wildman–Crippen MR) is 183 cm³/mol. The Kier molecular flexibility index (Phi) is 5.42. The van der Waals surface area contributed by atoms with Crippen LogP contribution in [0.5, 0.6) is 0 Å². The van der Waals surface area contributed by atoms with Gasteiger partial charge in [-0.1, -0.05) is 66.7 Å². The maximum atomic E-state index is 4.84. The molecular formula is C38H30BN5. The molecule has 1 aromatic heterocycles. The first-order valence-electron chi connectivity index (χ1n) is 15.2. The SMILES string of the molecule is Cc1cc(C)n(-c2ccc3c(c2)B2c4cc(N5C=CN(c6ccccc6)C5)ccc4-c4ccccc4N2c2ccccc2-3)n1. The van der Waals surface area contributed by atoms with Crippen LogP contribution >= 0.6 is 0 Å². The Hall–Kier alpha value is -5.49. The van der Waals surface area contributed by atoms with E-state index in [0.717, 1.165) is 23.7 Å². The average molecular weight is 568 g/mol. The van der Waals surface area contributed by atoms with Crippen molar-refractivity contribution in [2.24, 2.45) is 0 Å². The van der Waals surface area contributed by atoms with Crippen molar-refractivity contribution in [2.75, 3.05) is 21.3 Å². The molecule has 5 aromatic carbocycles. The molecule has 210 valence electrons. The van der Waals surface area contributed by atoms with Crippen molar-refractivity contribution < 1.29 is 0 Å². The van der Waals surface area contributed by atoms with E-state index in [4.69, 9.17) is 5.10 Å². The van der Waals surface area contributed by atoms with Crippen LogP contribution in [0.4, 0.5) is 22.7 Å². The standard InChI is InChI=1S/C38H30BN5/c1-26-22-27(2)44(40-26)30-17-19-32-34-13-7-9-15-38(34)43-37-14-8-6-12-33(37)31-18-16-29(23-35(31)39(43)36(32)24-30)42-21-20-41(25-42)28-10-4-3-5-11-28/h3-24H,25H2,1-2H3. The molecule has 4 heterocycles. The fourth-order valence-corrected chi connectivity index (χ4v) is 7.29. The maximum absolute atomic E-state index is 4.84. The molecule has 9 rings (SSSR count). The van der Waals surface area contributed by atoms with Crippen LogP contribution in [0.15, 0.2) is 134 Å². The van der Waals surface area contributed by atoms with Crippen LogP contribution in [0.25, 0.3) is 27.9 Å². The minimum Gasteiger partial charge on any atom is -0.376 e. The van der Waals surface area contributed by atoms with Gasteiger partial charge in [-0.3, -0.25) is 0 Å². The number of aromatic nitrogens is 2. The number of rotatable bonds is 3. The largest absolute Gasteiger partial charge is 0.376 e. The second-order valence-electron chi connectivity index (χ2n) is 11.9. The highest BCUT2D eigenvalue weighted by molar-refractivity contribution is 6.92. The Morgan fingerprint density at radius 1 is 0.545 bits per heavy atom. The van der Waals surface area contributed by atoms with E-state index in [2.05, 4.69) is 167 Å².